The predicted octanol–water partition coefficient (Wildman–Crippen LogP) is 3.57. The second kappa shape index (κ2) is 5.54. The topological polar surface area (TPSA) is 46.9 Å². The highest BCUT2D eigenvalue weighted by molar-refractivity contribution is 9.10. The van der Waals surface area contributed by atoms with Crippen LogP contribution in [0.2, 0.25) is 5.02 Å². The van der Waals surface area contributed by atoms with Gasteiger partial charge in [0.2, 0.25) is 0 Å². The second-order valence-electron chi connectivity index (χ2n) is 3.64. The maximum absolute atomic E-state index is 12.0. The number of hydrogen-bond donors (Lipinski definition) is 1. The lowest BCUT2D eigenvalue weighted by Gasteiger charge is -2.05. The van der Waals surface area contributed by atoms with Crippen molar-refractivity contribution >= 4 is 39.1 Å². The van der Waals surface area contributed by atoms with Gasteiger partial charge in [-0.25, -0.2) is 0 Å². The number of halogens is 2. The summed E-state index contributed by atoms with van der Waals surface area (Å²) in [5, 5.41) is 7.24. The Bertz CT molecular complexity index is 582. The third-order valence-electron chi connectivity index (χ3n) is 2.41. The molecule has 0 spiro atoms. The van der Waals surface area contributed by atoms with E-state index >= 15 is 0 Å². The molecule has 0 saturated carbocycles. The lowest BCUT2D eigenvalue weighted by atomic mass is 10.2. The quantitative estimate of drug-likeness (QED) is 0.936. The molecule has 4 nitrogen and oxygen atoms in total. The van der Waals surface area contributed by atoms with E-state index in [1.165, 1.54) is 0 Å². The first-order chi connectivity index (χ1) is 8.61. The number of carbonyl (C=O) groups is 1. The highest BCUT2D eigenvalue weighted by Crippen LogP contribution is 2.26. The van der Waals surface area contributed by atoms with Crippen LogP contribution in [-0.4, -0.2) is 15.7 Å². The molecule has 0 unspecified atom stereocenters. The van der Waals surface area contributed by atoms with Gasteiger partial charge in [-0.2, -0.15) is 5.10 Å². The number of rotatable bonds is 3. The summed E-state index contributed by atoms with van der Waals surface area (Å²) in [6, 6.07) is 5.22. The van der Waals surface area contributed by atoms with Crippen molar-refractivity contribution < 1.29 is 4.79 Å². The van der Waals surface area contributed by atoms with Gasteiger partial charge >= 0.3 is 0 Å². The van der Waals surface area contributed by atoms with Crippen LogP contribution in [0.1, 0.15) is 17.3 Å². The Balaban J connectivity index is 2.19. The van der Waals surface area contributed by atoms with Crippen LogP contribution in [0.4, 0.5) is 5.69 Å². The molecular weight excluding hydrogens is 318 g/mol. The number of aromatic nitrogens is 2. The number of amides is 1. The maximum Gasteiger partial charge on any atom is 0.257 e. The third-order valence-corrected chi connectivity index (χ3v) is 3.71. The normalized spacial score (nSPS) is 10.4. The molecular formula is C12H11BrClN3O. The Morgan fingerprint density at radius 3 is 3.00 bits per heavy atom. The Labute approximate surface area is 118 Å². The Hall–Kier alpha value is -1.33. The van der Waals surface area contributed by atoms with Gasteiger partial charge in [0.1, 0.15) is 0 Å². The van der Waals surface area contributed by atoms with Crippen LogP contribution < -0.4 is 5.32 Å². The van der Waals surface area contributed by atoms with Crippen LogP contribution in [-0.2, 0) is 6.54 Å². The molecule has 0 fully saturated rings. The molecule has 0 radical (unpaired) electrons. The van der Waals surface area contributed by atoms with E-state index in [-0.39, 0.29) is 5.91 Å². The van der Waals surface area contributed by atoms with Crippen molar-refractivity contribution in [2.45, 2.75) is 13.5 Å². The summed E-state index contributed by atoms with van der Waals surface area (Å²) in [6.07, 6.45) is 3.37. The Kier molecular flexibility index (Phi) is 4.04. The number of aryl methyl sites for hydroxylation is 1. The van der Waals surface area contributed by atoms with Gasteiger partial charge in [-0.3, -0.25) is 9.48 Å². The lowest BCUT2D eigenvalue weighted by Crippen LogP contribution is -2.12. The van der Waals surface area contributed by atoms with Crippen molar-refractivity contribution in [2.24, 2.45) is 0 Å². The van der Waals surface area contributed by atoms with Gasteiger partial charge in [0.25, 0.3) is 5.91 Å². The number of benzene rings is 1. The summed E-state index contributed by atoms with van der Waals surface area (Å²) in [5.74, 6) is -0.253. The summed E-state index contributed by atoms with van der Waals surface area (Å²) in [7, 11) is 0. The highest BCUT2D eigenvalue weighted by atomic mass is 79.9. The molecule has 1 N–H and O–H groups in total. The smallest absolute Gasteiger partial charge is 0.257 e. The van der Waals surface area contributed by atoms with E-state index in [1.54, 1.807) is 35.3 Å². The van der Waals surface area contributed by atoms with Gasteiger partial charge in [0, 0.05) is 17.2 Å². The number of anilines is 1. The van der Waals surface area contributed by atoms with Crippen molar-refractivity contribution in [1.29, 1.82) is 0 Å². The van der Waals surface area contributed by atoms with Gasteiger partial charge in [-0.1, -0.05) is 17.7 Å². The zero-order valence-electron chi connectivity index (χ0n) is 9.65. The van der Waals surface area contributed by atoms with Crippen molar-refractivity contribution in [2.75, 3.05) is 5.32 Å². The van der Waals surface area contributed by atoms with Crippen molar-refractivity contribution in [1.82, 2.24) is 9.78 Å². The van der Waals surface area contributed by atoms with Gasteiger partial charge in [-0.05, 0) is 35.0 Å². The molecule has 94 valence electrons. The molecule has 1 aromatic heterocycles. The Morgan fingerprint density at radius 1 is 1.56 bits per heavy atom. The number of hydrogen-bond acceptors (Lipinski definition) is 2. The fourth-order valence-electron chi connectivity index (χ4n) is 1.48. The van der Waals surface area contributed by atoms with Crippen molar-refractivity contribution in [3.8, 4) is 0 Å². The van der Waals surface area contributed by atoms with Crippen LogP contribution in [0.15, 0.2) is 35.1 Å². The zero-order chi connectivity index (χ0) is 13.1. The third kappa shape index (κ3) is 2.73. The van der Waals surface area contributed by atoms with E-state index in [4.69, 9.17) is 11.6 Å². The van der Waals surface area contributed by atoms with Crippen LogP contribution in [0.5, 0.6) is 0 Å². The fourth-order valence-corrected chi connectivity index (χ4v) is 2.06. The molecule has 1 amide bonds. The minimum atomic E-state index is -0.253. The van der Waals surface area contributed by atoms with Crippen molar-refractivity contribution in [3.63, 3.8) is 0 Å². The first-order valence-electron chi connectivity index (χ1n) is 5.39. The zero-order valence-corrected chi connectivity index (χ0v) is 12.0. The maximum atomic E-state index is 12.0. The summed E-state index contributed by atoms with van der Waals surface area (Å²) < 4.78 is 2.43. The molecule has 18 heavy (non-hydrogen) atoms. The lowest BCUT2D eigenvalue weighted by molar-refractivity contribution is 0.102. The van der Waals surface area contributed by atoms with Gasteiger partial charge < -0.3 is 5.32 Å². The van der Waals surface area contributed by atoms with Crippen LogP contribution in [0.25, 0.3) is 0 Å². The molecule has 0 aliphatic heterocycles. The van der Waals surface area contributed by atoms with E-state index in [0.29, 0.717) is 20.7 Å². The van der Waals surface area contributed by atoms with E-state index in [2.05, 4.69) is 26.3 Å². The summed E-state index contributed by atoms with van der Waals surface area (Å²) in [4.78, 5) is 12.0. The first-order valence-corrected chi connectivity index (χ1v) is 6.56. The highest BCUT2D eigenvalue weighted by Gasteiger charge is 2.13. The molecule has 2 rings (SSSR count). The monoisotopic (exact) mass is 327 g/mol. The molecule has 0 aliphatic carbocycles. The van der Waals surface area contributed by atoms with Crippen LogP contribution >= 0.6 is 27.5 Å². The fraction of sp³-hybridized carbons (Fsp3) is 0.167. The van der Waals surface area contributed by atoms with Gasteiger partial charge in [-0.15, -0.1) is 0 Å². The number of carbonyl (C=O) groups excluding carboxylic acids is 1. The molecule has 2 aromatic rings. The van der Waals surface area contributed by atoms with Crippen molar-refractivity contribution in [3.05, 3.63) is 45.7 Å². The van der Waals surface area contributed by atoms with E-state index in [0.717, 1.165) is 6.54 Å². The molecule has 0 bridgehead atoms. The molecule has 1 heterocycles. The molecule has 0 atom stereocenters. The number of nitrogens with zero attached hydrogens (tertiary/aromatic N) is 2. The van der Waals surface area contributed by atoms with E-state index < -0.39 is 0 Å². The Morgan fingerprint density at radius 2 is 2.33 bits per heavy atom. The van der Waals surface area contributed by atoms with E-state index in [1.807, 2.05) is 6.92 Å². The minimum Gasteiger partial charge on any atom is -0.319 e. The average molecular weight is 329 g/mol. The summed E-state index contributed by atoms with van der Waals surface area (Å²) >= 11 is 9.34. The largest absolute Gasteiger partial charge is 0.319 e. The molecule has 0 aliphatic rings. The second-order valence-corrected chi connectivity index (χ2v) is 4.87. The predicted molar refractivity (Wildman–Crippen MR) is 75.0 cm³/mol. The standard InChI is InChI=1S/C12H11BrClN3O/c1-2-17-7-8(6-15-17)16-12(18)9-4-3-5-10(13)11(9)14/h3-7H,2H2,1H3,(H,16,18). The van der Waals surface area contributed by atoms with Gasteiger partial charge in [0.15, 0.2) is 0 Å². The average Bonchev–Trinajstić information content (AvgIpc) is 2.80. The van der Waals surface area contributed by atoms with Crippen LogP contribution in [0, 0.1) is 0 Å². The van der Waals surface area contributed by atoms with E-state index in [9.17, 15) is 4.79 Å². The summed E-state index contributed by atoms with van der Waals surface area (Å²) in [6.45, 7) is 2.73. The van der Waals surface area contributed by atoms with Crippen LogP contribution in [0.3, 0.4) is 0 Å². The summed E-state index contributed by atoms with van der Waals surface area (Å²) in [5.41, 5.74) is 1.08. The molecule has 1 aromatic carbocycles. The minimum absolute atomic E-state index is 0.253. The first kappa shape index (κ1) is 13.1. The number of nitrogens with one attached hydrogen (secondary N) is 1. The molecule has 6 heteroatoms. The van der Waals surface area contributed by atoms with Gasteiger partial charge in [0.05, 0.1) is 22.5 Å². The SMILES string of the molecule is CCn1cc(NC(=O)c2cccc(Br)c2Cl)cn1. The molecule has 0 saturated heterocycles.